The SMILES string of the molecule is CC1(C)Oc2cc(-c3cccc(C#N)c3)ccc2C(=O)C1CCC#N. The van der Waals surface area contributed by atoms with E-state index in [0.29, 0.717) is 29.7 Å². The van der Waals surface area contributed by atoms with Gasteiger partial charge < -0.3 is 4.74 Å². The highest BCUT2D eigenvalue weighted by atomic mass is 16.5. The van der Waals surface area contributed by atoms with Gasteiger partial charge in [0.25, 0.3) is 0 Å². The molecule has 124 valence electrons. The molecule has 0 amide bonds. The topological polar surface area (TPSA) is 73.9 Å². The molecule has 4 heteroatoms. The first-order chi connectivity index (χ1) is 12.0. The molecule has 0 radical (unpaired) electrons. The van der Waals surface area contributed by atoms with Gasteiger partial charge in [0.1, 0.15) is 11.4 Å². The number of benzene rings is 2. The van der Waals surface area contributed by atoms with Crippen LogP contribution in [-0.4, -0.2) is 11.4 Å². The van der Waals surface area contributed by atoms with Crippen molar-refractivity contribution in [2.75, 3.05) is 0 Å². The molecule has 1 unspecified atom stereocenters. The number of ether oxygens (including phenoxy) is 1. The molecule has 2 aromatic rings. The van der Waals surface area contributed by atoms with Crippen molar-refractivity contribution >= 4 is 5.78 Å². The summed E-state index contributed by atoms with van der Waals surface area (Å²) in [5, 5.41) is 17.9. The lowest BCUT2D eigenvalue weighted by Gasteiger charge is -2.38. The number of rotatable bonds is 3. The fraction of sp³-hybridized carbons (Fsp3) is 0.286. The summed E-state index contributed by atoms with van der Waals surface area (Å²) in [5.41, 5.74) is 2.29. The average molecular weight is 330 g/mol. The lowest BCUT2D eigenvalue weighted by atomic mass is 9.78. The molecule has 0 spiro atoms. The van der Waals surface area contributed by atoms with E-state index >= 15 is 0 Å². The van der Waals surface area contributed by atoms with Crippen molar-refractivity contribution in [3.63, 3.8) is 0 Å². The smallest absolute Gasteiger partial charge is 0.173 e. The summed E-state index contributed by atoms with van der Waals surface area (Å²) in [6.45, 7) is 3.78. The molecule has 0 saturated carbocycles. The van der Waals surface area contributed by atoms with Gasteiger partial charge in [0.2, 0.25) is 0 Å². The van der Waals surface area contributed by atoms with Gasteiger partial charge in [0, 0.05) is 6.42 Å². The summed E-state index contributed by atoms with van der Waals surface area (Å²) >= 11 is 0. The van der Waals surface area contributed by atoms with Crippen molar-refractivity contribution in [1.82, 2.24) is 0 Å². The van der Waals surface area contributed by atoms with Crippen LogP contribution in [0.3, 0.4) is 0 Å². The van der Waals surface area contributed by atoms with E-state index in [0.717, 1.165) is 11.1 Å². The minimum absolute atomic E-state index is 0.0267. The van der Waals surface area contributed by atoms with Crippen LogP contribution in [0, 0.1) is 28.6 Å². The van der Waals surface area contributed by atoms with Gasteiger partial charge in [-0.1, -0.05) is 18.2 Å². The maximum absolute atomic E-state index is 12.9. The van der Waals surface area contributed by atoms with Crippen LogP contribution in [0.5, 0.6) is 5.75 Å². The Morgan fingerprint density at radius 1 is 1.12 bits per heavy atom. The molecule has 0 bridgehead atoms. The number of hydrogen-bond donors (Lipinski definition) is 0. The molecular weight excluding hydrogens is 312 g/mol. The average Bonchev–Trinajstić information content (AvgIpc) is 2.60. The Morgan fingerprint density at radius 3 is 2.60 bits per heavy atom. The lowest BCUT2D eigenvalue weighted by molar-refractivity contribution is 0.0240. The third kappa shape index (κ3) is 3.12. The molecule has 0 N–H and O–H groups in total. The largest absolute Gasteiger partial charge is 0.486 e. The molecule has 1 atom stereocenters. The Hall–Kier alpha value is -3.11. The first kappa shape index (κ1) is 16.7. The van der Waals surface area contributed by atoms with Crippen molar-refractivity contribution in [3.8, 4) is 29.0 Å². The summed E-state index contributed by atoms with van der Waals surface area (Å²) in [7, 11) is 0. The zero-order valence-electron chi connectivity index (χ0n) is 14.2. The Kier molecular flexibility index (Phi) is 4.30. The van der Waals surface area contributed by atoms with Crippen LogP contribution in [0.4, 0.5) is 0 Å². The van der Waals surface area contributed by atoms with E-state index in [4.69, 9.17) is 15.3 Å². The molecule has 1 heterocycles. The standard InChI is InChI=1S/C21H18N2O2/c1-21(2)18(7-4-10-22)20(24)17-9-8-16(12-19(17)25-21)15-6-3-5-14(11-15)13-23/h3,5-6,8-9,11-12,18H,4,7H2,1-2H3. The minimum Gasteiger partial charge on any atom is -0.486 e. The summed E-state index contributed by atoms with van der Waals surface area (Å²) in [6.07, 6.45) is 0.825. The predicted octanol–water partition coefficient (Wildman–Crippen LogP) is 4.50. The second-order valence-corrected chi connectivity index (χ2v) is 6.72. The molecule has 3 rings (SSSR count). The number of nitrogens with zero attached hydrogens (tertiary/aromatic N) is 2. The van der Waals surface area contributed by atoms with Gasteiger partial charge in [-0.2, -0.15) is 10.5 Å². The van der Waals surface area contributed by atoms with Crippen LogP contribution in [-0.2, 0) is 0 Å². The normalized spacial score (nSPS) is 17.8. The van der Waals surface area contributed by atoms with E-state index in [1.54, 1.807) is 12.1 Å². The van der Waals surface area contributed by atoms with E-state index in [-0.39, 0.29) is 11.7 Å². The van der Waals surface area contributed by atoms with Gasteiger partial charge in [-0.3, -0.25) is 4.79 Å². The van der Waals surface area contributed by atoms with Gasteiger partial charge in [-0.25, -0.2) is 0 Å². The zero-order chi connectivity index (χ0) is 18.0. The number of Topliss-reactive ketones (excluding diaryl/α,β-unsaturated/α-hetero) is 1. The first-order valence-corrected chi connectivity index (χ1v) is 8.21. The highest BCUT2D eigenvalue weighted by Crippen LogP contribution is 2.40. The quantitative estimate of drug-likeness (QED) is 0.830. The molecule has 25 heavy (non-hydrogen) atoms. The van der Waals surface area contributed by atoms with Gasteiger partial charge in [0.05, 0.1) is 29.2 Å². The van der Waals surface area contributed by atoms with E-state index in [1.165, 1.54) is 0 Å². The van der Waals surface area contributed by atoms with Crippen LogP contribution in [0.2, 0.25) is 0 Å². The number of carbonyl (C=O) groups is 1. The number of carbonyl (C=O) groups excluding carboxylic acids is 1. The van der Waals surface area contributed by atoms with Crippen LogP contribution in [0.25, 0.3) is 11.1 Å². The number of nitriles is 2. The second-order valence-electron chi connectivity index (χ2n) is 6.72. The number of fused-ring (bicyclic) bond motifs is 1. The van der Waals surface area contributed by atoms with Crippen LogP contribution in [0.1, 0.15) is 42.6 Å². The lowest BCUT2D eigenvalue weighted by Crippen LogP contribution is -2.45. The van der Waals surface area contributed by atoms with E-state index < -0.39 is 5.60 Å². The summed E-state index contributed by atoms with van der Waals surface area (Å²) in [4.78, 5) is 12.9. The van der Waals surface area contributed by atoms with E-state index in [1.807, 2.05) is 44.2 Å². The van der Waals surface area contributed by atoms with Crippen molar-refractivity contribution in [3.05, 3.63) is 53.6 Å². The van der Waals surface area contributed by atoms with Crippen LogP contribution >= 0.6 is 0 Å². The summed E-state index contributed by atoms with van der Waals surface area (Å²) in [6, 6.07) is 17.1. The molecule has 2 aromatic carbocycles. The van der Waals surface area contributed by atoms with Crippen LogP contribution in [0.15, 0.2) is 42.5 Å². The summed E-state index contributed by atoms with van der Waals surface area (Å²) < 4.78 is 6.12. The molecule has 1 aliphatic heterocycles. The van der Waals surface area contributed by atoms with Gasteiger partial charge in [-0.05, 0) is 55.7 Å². The monoisotopic (exact) mass is 330 g/mol. The van der Waals surface area contributed by atoms with Gasteiger partial charge in [0.15, 0.2) is 5.78 Å². The number of hydrogen-bond acceptors (Lipinski definition) is 4. The molecule has 0 saturated heterocycles. The fourth-order valence-electron chi connectivity index (χ4n) is 3.30. The Morgan fingerprint density at radius 2 is 1.88 bits per heavy atom. The number of ketones is 1. The van der Waals surface area contributed by atoms with Gasteiger partial charge in [-0.15, -0.1) is 0 Å². The molecule has 0 aromatic heterocycles. The maximum Gasteiger partial charge on any atom is 0.173 e. The van der Waals surface area contributed by atoms with E-state index in [2.05, 4.69) is 12.1 Å². The minimum atomic E-state index is -0.659. The van der Waals surface area contributed by atoms with Crippen molar-refractivity contribution in [2.24, 2.45) is 5.92 Å². The molecule has 0 aliphatic carbocycles. The molecular formula is C21H18N2O2. The highest BCUT2D eigenvalue weighted by molar-refractivity contribution is 6.02. The van der Waals surface area contributed by atoms with Crippen molar-refractivity contribution < 1.29 is 9.53 Å². The molecule has 0 fully saturated rings. The van der Waals surface area contributed by atoms with Crippen molar-refractivity contribution in [2.45, 2.75) is 32.3 Å². The molecule has 1 aliphatic rings. The third-order valence-electron chi connectivity index (χ3n) is 4.65. The van der Waals surface area contributed by atoms with Crippen molar-refractivity contribution in [1.29, 1.82) is 10.5 Å². The Balaban J connectivity index is 2.01. The first-order valence-electron chi connectivity index (χ1n) is 8.21. The Bertz CT molecular complexity index is 916. The third-order valence-corrected chi connectivity index (χ3v) is 4.65. The fourth-order valence-corrected chi connectivity index (χ4v) is 3.30. The van der Waals surface area contributed by atoms with E-state index in [9.17, 15) is 4.79 Å². The summed E-state index contributed by atoms with van der Waals surface area (Å²) in [5.74, 6) is 0.259. The zero-order valence-corrected chi connectivity index (χ0v) is 14.2. The second kappa shape index (κ2) is 6.42. The highest BCUT2D eigenvalue weighted by Gasteiger charge is 2.42. The molecule has 4 nitrogen and oxygen atoms in total. The predicted molar refractivity (Wildman–Crippen MR) is 94.0 cm³/mol. The van der Waals surface area contributed by atoms with Gasteiger partial charge >= 0.3 is 0 Å². The van der Waals surface area contributed by atoms with Crippen LogP contribution < -0.4 is 4.74 Å². The Labute approximate surface area is 147 Å². The maximum atomic E-state index is 12.9.